The Balaban J connectivity index is 1.94. The van der Waals surface area contributed by atoms with Crippen LogP contribution in [0.5, 0.6) is 0 Å². The quantitative estimate of drug-likeness (QED) is 0.755. The number of hydrogen-bond acceptors (Lipinski definition) is 2. The number of hydrogen-bond donors (Lipinski definition) is 1. The first-order valence-electron chi connectivity index (χ1n) is 8.13. The summed E-state index contributed by atoms with van der Waals surface area (Å²) in [5, 5.41) is 8.08. The second kappa shape index (κ2) is 8.63. The van der Waals surface area contributed by atoms with Crippen molar-refractivity contribution in [3.05, 3.63) is 53.9 Å². The molecule has 1 N–H and O–H groups in total. The summed E-state index contributed by atoms with van der Waals surface area (Å²) >= 11 is 0. The zero-order valence-electron chi connectivity index (χ0n) is 13.3. The fourth-order valence-electron chi connectivity index (χ4n) is 2.59. The topological polar surface area (TPSA) is 29.9 Å². The van der Waals surface area contributed by atoms with Crippen molar-refractivity contribution in [1.82, 2.24) is 15.1 Å². The van der Waals surface area contributed by atoms with Gasteiger partial charge in [0.2, 0.25) is 0 Å². The molecule has 0 spiro atoms. The number of nitrogens with zero attached hydrogens (tertiary/aromatic N) is 2. The van der Waals surface area contributed by atoms with Gasteiger partial charge in [-0.25, -0.2) is 0 Å². The molecule has 2 rings (SSSR count). The van der Waals surface area contributed by atoms with Crippen molar-refractivity contribution in [1.29, 1.82) is 0 Å². The first-order chi connectivity index (χ1) is 10.3. The molecule has 21 heavy (non-hydrogen) atoms. The van der Waals surface area contributed by atoms with E-state index >= 15 is 0 Å². The SMILES string of the molecule is CCCNC(CCc1cnn(CCC)c1)c1ccccc1. The van der Waals surface area contributed by atoms with Gasteiger partial charge in [0.1, 0.15) is 0 Å². The van der Waals surface area contributed by atoms with Crippen LogP contribution in [0.15, 0.2) is 42.7 Å². The van der Waals surface area contributed by atoms with Gasteiger partial charge >= 0.3 is 0 Å². The van der Waals surface area contributed by atoms with Gasteiger partial charge in [-0.1, -0.05) is 44.2 Å². The molecule has 0 saturated carbocycles. The lowest BCUT2D eigenvalue weighted by molar-refractivity contribution is 0.499. The summed E-state index contributed by atoms with van der Waals surface area (Å²) in [4.78, 5) is 0. The van der Waals surface area contributed by atoms with Gasteiger partial charge in [-0.05, 0) is 43.4 Å². The highest BCUT2D eigenvalue weighted by atomic mass is 15.3. The van der Waals surface area contributed by atoms with Crippen LogP contribution in [0, 0.1) is 0 Å². The number of aromatic nitrogens is 2. The third kappa shape index (κ3) is 5.01. The van der Waals surface area contributed by atoms with Crippen LogP contribution in [-0.4, -0.2) is 16.3 Å². The van der Waals surface area contributed by atoms with Crippen LogP contribution in [0.25, 0.3) is 0 Å². The van der Waals surface area contributed by atoms with Crippen LogP contribution >= 0.6 is 0 Å². The van der Waals surface area contributed by atoms with E-state index in [-0.39, 0.29) is 0 Å². The smallest absolute Gasteiger partial charge is 0.0521 e. The predicted molar refractivity (Wildman–Crippen MR) is 88.3 cm³/mol. The van der Waals surface area contributed by atoms with E-state index in [2.05, 4.69) is 60.8 Å². The van der Waals surface area contributed by atoms with Gasteiger partial charge in [0.05, 0.1) is 6.20 Å². The van der Waals surface area contributed by atoms with Crippen molar-refractivity contribution in [3.8, 4) is 0 Å². The van der Waals surface area contributed by atoms with Crippen molar-refractivity contribution in [2.75, 3.05) is 6.54 Å². The highest BCUT2D eigenvalue weighted by Gasteiger charge is 2.11. The highest BCUT2D eigenvalue weighted by molar-refractivity contribution is 5.19. The lowest BCUT2D eigenvalue weighted by Gasteiger charge is -2.18. The van der Waals surface area contributed by atoms with E-state index in [1.807, 2.05) is 10.9 Å². The van der Waals surface area contributed by atoms with Crippen molar-refractivity contribution in [2.45, 2.75) is 52.1 Å². The van der Waals surface area contributed by atoms with Gasteiger partial charge < -0.3 is 5.32 Å². The van der Waals surface area contributed by atoms with E-state index in [4.69, 9.17) is 0 Å². The standard InChI is InChI=1S/C18H27N3/c1-3-12-19-18(17-8-6-5-7-9-17)11-10-16-14-20-21(15-16)13-4-2/h5-9,14-15,18-19H,3-4,10-13H2,1-2H3. The Morgan fingerprint density at radius 2 is 1.95 bits per heavy atom. The minimum atomic E-state index is 0.431. The van der Waals surface area contributed by atoms with E-state index < -0.39 is 0 Å². The van der Waals surface area contributed by atoms with Crippen molar-refractivity contribution in [2.24, 2.45) is 0 Å². The Morgan fingerprint density at radius 1 is 1.14 bits per heavy atom. The summed E-state index contributed by atoms with van der Waals surface area (Å²) in [5.41, 5.74) is 2.72. The van der Waals surface area contributed by atoms with E-state index in [9.17, 15) is 0 Å². The van der Waals surface area contributed by atoms with Crippen molar-refractivity contribution < 1.29 is 0 Å². The van der Waals surface area contributed by atoms with Crippen LogP contribution < -0.4 is 5.32 Å². The van der Waals surface area contributed by atoms with Gasteiger partial charge in [0, 0.05) is 18.8 Å². The molecular weight excluding hydrogens is 258 g/mol. The highest BCUT2D eigenvalue weighted by Crippen LogP contribution is 2.19. The second-order valence-electron chi connectivity index (χ2n) is 5.57. The molecular formula is C18H27N3. The summed E-state index contributed by atoms with van der Waals surface area (Å²) < 4.78 is 2.05. The maximum absolute atomic E-state index is 4.42. The molecule has 3 nitrogen and oxygen atoms in total. The third-order valence-electron chi connectivity index (χ3n) is 3.70. The molecule has 0 fully saturated rings. The molecule has 2 aromatic rings. The van der Waals surface area contributed by atoms with Gasteiger partial charge in [-0.15, -0.1) is 0 Å². The number of nitrogens with one attached hydrogen (secondary N) is 1. The average Bonchev–Trinajstić information content (AvgIpc) is 2.96. The predicted octanol–water partition coefficient (Wildman–Crippen LogP) is 3.97. The minimum Gasteiger partial charge on any atom is -0.310 e. The first-order valence-corrected chi connectivity index (χ1v) is 8.13. The molecule has 1 unspecified atom stereocenters. The maximum Gasteiger partial charge on any atom is 0.0521 e. The molecule has 3 heteroatoms. The van der Waals surface area contributed by atoms with Crippen molar-refractivity contribution in [3.63, 3.8) is 0 Å². The van der Waals surface area contributed by atoms with Gasteiger partial charge in [-0.2, -0.15) is 5.10 Å². The fourth-order valence-corrected chi connectivity index (χ4v) is 2.59. The van der Waals surface area contributed by atoms with E-state index in [0.29, 0.717) is 6.04 Å². The van der Waals surface area contributed by atoms with Gasteiger partial charge in [-0.3, -0.25) is 4.68 Å². The van der Waals surface area contributed by atoms with E-state index in [1.165, 1.54) is 11.1 Å². The fraction of sp³-hybridized carbons (Fsp3) is 0.500. The Kier molecular flexibility index (Phi) is 6.48. The van der Waals surface area contributed by atoms with Crippen LogP contribution in [0.1, 0.15) is 50.3 Å². The number of benzene rings is 1. The Labute approximate surface area is 128 Å². The molecule has 0 aliphatic heterocycles. The van der Waals surface area contributed by atoms with Crippen LogP contribution in [0.3, 0.4) is 0 Å². The minimum absolute atomic E-state index is 0.431. The largest absolute Gasteiger partial charge is 0.310 e. The molecule has 1 aromatic carbocycles. The molecule has 0 amide bonds. The molecule has 1 atom stereocenters. The second-order valence-corrected chi connectivity index (χ2v) is 5.57. The molecule has 1 aromatic heterocycles. The molecule has 0 saturated heterocycles. The monoisotopic (exact) mass is 285 g/mol. The summed E-state index contributed by atoms with van der Waals surface area (Å²) in [6.07, 6.45) is 8.67. The van der Waals surface area contributed by atoms with Crippen LogP contribution in [0.2, 0.25) is 0 Å². The summed E-state index contributed by atoms with van der Waals surface area (Å²) in [6, 6.07) is 11.2. The van der Waals surface area contributed by atoms with E-state index in [1.54, 1.807) is 0 Å². The Morgan fingerprint density at radius 3 is 2.67 bits per heavy atom. The lowest BCUT2D eigenvalue weighted by atomic mass is 10.00. The Bertz CT molecular complexity index is 504. The normalized spacial score (nSPS) is 12.5. The zero-order valence-corrected chi connectivity index (χ0v) is 13.3. The van der Waals surface area contributed by atoms with E-state index in [0.717, 1.165) is 38.8 Å². The maximum atomic E-state index is 4.42. The van der Waals surface area contributed by atoms with Crippen LogP contribution in [-0.2, 0) is 13.0 Å². The third-order valence-corrected chi connectivity index (χ3v) is 3.70. The van der Waals surface area contributed by atoms with Crippen LogP contribution in [0.4, 0.5) is 0 Å². The number of rotatable bonds is 9. The molecule has 114 valence electrons. The van der Waals surface area contributed by atoms with Gasteiger partial charge in [0.15, 0.2) is 0 Å². The molecule has 0 radical (unpaired) electrons. The molecule has 1 heterocycles. The molecule has 0 aliphatic rings. The summed E-state index contributed by atoms with van der Waals surface area (Å²) in [7, 11) is 0. The Hall–Kier alpha value is -1.61. The summed E-state index contributed by atoms with van der Waals surface area (Å²) in [5.74, 6) is 0. The molecule has 0 aliphatic carbocycles. The first kappa shape index (κ1) is 15.8. The zero-order chi connectivity index (χ0) is 14.9. The summed E-state index contributed by atoms with van der Waals surface area (Å²) in [6.45, 7) is 6.47. The van der Waals surface area contributed by atoms with Gasteiger partial charge in [0.25, 0.3) is 0 Å². The number of aryl methyl sites for hydroxylation is 2. The molecule has 0 bridgehead atoms. The van der Waals surface area contributed by atoms with Crippen molar-refractivity contribution >= 4 is 0 Å². The average molecular weight is 285 g/mol. The lowest BCUT2D eigenvalue weighted by Crippen LogP contribution is -2.22.